The van der Waals surface area contributed by atoms with Crippen molar-refractivity contribution in [3.8, 4) is 5.69 Å². The van der Waals surface area contributed by atoms with Crippen LogP contribution in [0.4, 0.5) is 4.39 Å². The minimum Gasteiger partial charge on any atom is -0.295 e. The van der Waals surface area contributed by atoms with Crippen molar-refractivity contribution in [3.05, 3.63) is 57.2 Å². The van der Waals surface area contributed by atoms with E-state index in [0.29, 0.717) is 3.57 Å². The summed E-state index contributed by atoms with van der Waals surface area (Å²) in [4.78, 5) is 4.58. The zero-order chi connectivity index (χ0) is 15.1. The summed E-state index contributed by atoms with van der Waals surface area (Å²) in [6, 6.07) is 11.3. The third kappa shape index (κ3) is 2.66. The maximum atomic E-state index is 14.0. The fraction of sp³-hybridized carbons (Fsp3) is 0.188. The molecule has 0 aliphatic heterocycles. The highest BCUT2D eigenvalue weighted by Gasteiger charge is 2.18. The lowest BCUT2D eigenvalue weighted by Crippen LogP contribution is -2.02. The molecule has 0 fully saturated rings. The number of aryl methyl sites for hydroxylation is 1. The van der Waals surface area contributed by atoms with E-state index in [2.05, 4.69) is 4.98 Å². The summed E-state index contributed by atoms with van der Waals surface area (Å²) in [5.74, 6) is 0.476. The number of rotatable bonds is 2. The van der Waals surface area contributed by atoms with Crippen LogP contribution in [-0.4, -0.2) is 9.55 Å². The van der Waals surface area contributed by atoms with Gasteiger partial charge < -0.3 is 0 Å². The Morgan fingerprint density at radius 2 is 2.05 bits per heavy atom. The molecule has 2 nitrogen and oxygen atoms in total. The van der Waals surface area contributed by atoms with Crippen LogP contribution in [0.3, 0.4) is 0 Å². The van der Waals surface area contributed by atoms with E-state index in [1.165, 1.54) is 6.07 Å². The van der Waals surface area contributed by atoms with Gasteiger partial charge in [0.05, 0.1) is 20.0 Å². The third-order valence-electron chi connectivity index (χ3n) is 3.34. The molecule has 1 heterocycles. The van der Waals surface area contributed by atoms with Crippen LogP contribution in [-0.2, 0) is 0 Å². The smallest absolute Gasteiger partial charge is 0.138 e. The van der Waals surface area contributed by atoms with Crippen molar-refractivity contribution in [1.29, 1.82) is 0 Å². The Morgan fingerprint density at radius 1 is 1.29 bits per heavy atom. The first-order valence-corrected chi connectivity index (χ1v) is 8.07. The molecule has 21 heavy (non-hydrogen) atoms. The van der Waals surface area contributed by atoms with E-state index in [9.17, 15) is 4.39 Å². The number of alkyl halides is 1. The van der Waals surface area contributed by atoms with Gasteiger partial charge in [-0.05, 0) is 60.2 Å². The summed E-state index contributed by atoms with van der Waals surface area (Å²) in [5, 5.41) is -0.265. The van der Waals surface area contributed by atoms with E-state index in [1.54, 1.807) is 6.07 Å². The lowest BCUT2D eigenvalue weighted by atomic mass is 10.2. The predicted molar refractivity (Wildman–Crippen MR) is 92.8 cm³/mol. The molecule has 3 aromatic rings. The average molecular weight is 415 g/mol. The third-order valence-corrected chi connectivity index (χ3v) is 4.36. The molecule has 0 aliphatic carbocycles. The van der Waals surface area contributed by atoms with E-state index in [-0.39, 0.29) is 11.2 Å². The Bertz CT molecular complexity index is 827. The van der Waals surface area contributed by atoms with Crippen LogP contribution < -0.4 is 0 Å². The van der Waals surface area contributed by atoms with Crippen LogP contribution in [0.15, 0.2) is 36.4 Å². The highest BCUT2D eigenvalue weighted by molar-refractivity contribution is 14.1. The minimum atomic E-state index is -0.265. The second-order valence-corrected chi connectivity index (χ2v) is 6.83. The van der Waals surface area contributed by atoms with Gasteiger partial charge in [-0.3, -0.25) is 4.57 Å². The quantitative estimate of drug-likeness (QED) is 0.407. The Balaban J connectivity index is 2.38. The molecule has 1 atom stereocenters. The molecule has 1 unspecified atom stereocenters. The largest absolute Gasteiger partial charge is 0.295 e. The van der Waals surface area contributed by atoms with Crippen LogP contribution in [0.5, 0.6) is 0 Å². The lowest BCUT2D eigenvalue weighted by Gasteiger charge is -2.11. The zero-order valence-electron chi connectivity index (χ0n) is 11.6. The van der Waals surface area contributed by atoms with E-state index in [1.807, 2.05) is 65.3 Å². The molecule has 0 aliphatic rings. The Kier molecular flexibility index (Phi) is 3.92. The van der Waals surface area contributed by atoms with Crippen molar-refractivity contribution in [3.63, 3.8) is 0 Å². The fourth-order valence-corrected chi connectivity index (χ4v) is 2.99. The van der Waals surface area contributed by atoms with E-state index in [0.717, 1.165) is 28.1 Å². The fourth-order valence-electron chi connectivity index (χ4n) is 2.40. The van der Waals surface area contributed by atoms with E-state index < -0.39 is 0 Å². The van der Waals surface area contributed by atoms with Crippen LogP contribution in [0.25, 0.3) is 16.7 Å². The molecular weight excluding hydrogens is 402 g/mol. The SMILES string of the molecule is Cc1cccc(-n2c(C(C)Cl)nc3cc(I)c(F)cc32)c1. The van der Waals surface area contributed by atoms with Gasteiger partial charge in [0.25, 0.3) is 0 Å². The van der Waals surface area contributed by atoms with Crippen molar-refractivity contribution in [2.24, 2.45) is 0 Å². The molecule has 1 aromatic heterocycles. The number of fused-ring (bicyclic) bond motifs is 1. The second-order valence-electron chi connectivity index (χ2n) is 5.02. The molecular formula is C16H13ClFIN2. The normalized spacial score (nSPS) is 12.8. The topological polar surface area (TPSA) is 17.8 Å². The molecule has 3 rings (SSSR count). The molecule has 5 heteroatoms. The molecule has 0 amide bonds. The molecule has 0 saturated heterocycles. The summed E-state index contributed by atoms with van der Waals surface area (Å²) in [7, 11) is 0. The molecule has 0 N–H and O–H groups in total. The van der Waals surface area contributed by atoms with Crippen molar-refractivity contribution in [2.75, 3.05) is 0 Å². The number of nitrogens with zero attached hydrogens (tertiary/aromatic N) is 2. The maximum absolute atomic E-state index is 14.0. The number of benzene rings is 2. The van der Waals surface area contributed by atoms with Gasteiger partial charge in [0.15, 0.2) is 0 Å². The Morgan fingerprint density at radius 3 is 2.71 bits per heavy atom. The number of aromatic nitrogens is 2. The lowest BCUT2D eigenvalue weighted by molar-refractivity contribution is 0.621. The van der Waals surface area contributed by atoms with E-state index in [4.69, 9.17) is 11.6 Å². The van der Waals surface area contributed by atoms with Gasteiger partial charge in [0.1, 0.15) is 11.6 Å². The zero-order valence-corrected chi connectivity index (χ0v) is 14.5. The van der Waals surface area contributed by atoms with Crippen molar-refractivity contribution in [1.82, 2.24) is 9.55 Å². The molecule has 0 bridgehead atoms. The molecule has 108 valence electrons. The first-order valence-electron chi connectivity index (χ1n) is 6.56. The monoisotopic (exact) mass is 414 g/mol. The highest BCUT2D eigenvalue weighted by atomic mass is 127. The molecule has 0 saturated carbocycles. The minimum absolute atomic E-state index is 0.245. The molecule has 2 aromatic carbocycles. The van der Waals surface area contributed by atoms with Gasteiger partial charge in [0, 0.05) is 11.8 Å². The van der Waals surface area contributed by atoms with Gasteiger partial charge >= 0.3 is 0 Å². The van der Waals surface area contributed by atoms with Crippen molar-refractivity contribution < 1.29 is 4.39 Å². The van der Waals surface area contributed by atoms with E-state index >= 15 is 0 Å². The first-order chi connectivity index (χ1) is 9.97. The van der Waals surface area contributed by atoms with Gasteiger partial charge in [0.2, 0.25) is 0 Å². The van der Waals surface area contributed by atoms with Gasteiger partial charge in [-0.15, -0.1) is 11.6 Å². The highest BCUT2D eigenvalue weighted by Crippen LogP contribution is 2.30. The van der Waals surface area contributed by atoms with Crippen molar-refractivity contribution in [2.45, 2.75) is 19.2 Å². The Hall–Kier alpha value is -1.14. The summed E-state index contributed by atoms with van der Waals surface area (Å²) in [5.41, 5.74) is 3.57. The maximum Gasteiger partial charge on any atom is 0.138 e. The van der Waals surface area contributed by atoms with Crippen molar-refractivity contribution >= 4 is 45.2 Å². The number of hydrogen-bond acceptors (Lipinski definition) is 1. The van der Waals surface area contributed by atoms with Gasteiger partial charge in [-0.2, -0.15) is 0 Å². The first kappa shape index (κ1) is 14.8. The summed E-state index contributed by atoms with van der Waals surface area (Å²) >= 11 is 8.24. The Labute approximate surface area is 141 Å². The summed E-state index contributed by atoms with van der Waals surface area (Å²) in [6.45, 7) is 3.90. The average Bonchev–Trinajstić information content (AvgIpc) is 2.78. The molecule has 0 radical (unpaired) electrons. The van der Waals surface area contributed by atoms with Crippen LogP contribution in [0.1, 0.15) is 23.7 Å². The second kappa shape index (κ2) is 5.57. The van der Waals surface area contributed by atoms with Crippen LogP contribution in [0.2, 0.25) is 0 Å². The van der Waals surface area contributed by atoms with Crippen LogP contribution in [0, 0.1) is 16.3 Å². The number of imidazole rings is 1. The summed E-state index contributed by atoms with van der Waals surface area (Å²) < 4.78 is 16.4. The standard InChI is InChI=1S/C16H13ClFIN2/c1-9-4-3-5-11(6-9)21-15-7-12(18)13(19)8-14(15)20-16(21)10(2)17/h3-8,10H,1-2H3. The van der Waals surface area contributed by atoms with Gasteiger partial charge in [-0.25, -0.2) is 9.37 Å². The number of halogens is 3. The number of hydrogen-bond donors (Lipinski definition) is 0. The van der Waals surface area contributed by atoms with Gasteiger partial charge in [-0.1, -0.05) is 12.1 Å². The predicted octanol–water partition coefficient (Wildman–Crippen LogP) is 5.38. The molecule has 0 spiro atoms. The summed E-state index contributed by atoms with van der Waals surface area (Å²) in [6.07, 6.45) is 0. The van der Waals surface area contributed by atoms with Crippen LogP contribution >= 0.6 is 34.2 Å².